The van der Waals surface area contributed by atoms with E-state index in [1.807, 2.05) is 6.92 Å². The summed E-state index contributed by atoms with van der Waals surface area (Å²) in [6, 6.07) is 3.92. The Morgan fingerprint density at radius 1 is 1.23 bits per heavy atom. The number of aryl methyl sites for hydroxylation is 1. The van der Waals surface area contributed by atoms with Crippen molar-refractivity contribution in [3.8, 4) is 0 Å². The quantitative estimate of drug-likeness (QED) is 0.615. The first-order chi connectivity index (χ1) is 10.5. The maximum absolute atomic E-state index is 14.2. The van der Waals surface area contributed by atoms with Gasteiger partial charge in [0.05, 0.1) is 31.0 Å². The van der Waals surface area contributed by atoms with Crippen molar-refractivity contribution in [1.82, 2.24) is 4.57 Å². The Morgan fingerprint density at radius 2 is 1.86 bits per heavy atom. The van der Waals surface area contributed by atoms with E-state index in [2.05, 4.69) is 5.32 Å². The molecule has 0 amide bonds. The molecule has 0 spiro atoms. The molecule has 0 saturated heterocycles. The molecule has 22 heavy (non-hydrogen) atoms. The third-order valence-corrected chi connectivity index (χ3v) is 3.71. The van der Waals surface area contributed by atoms with Crippen LogP contribution in [0.2, 0.25) is 0 Å². The van der Waals surface area contributed by atoms with Crippen LogP contribution in [0.4, 0.5) is 10.1 Å². The van der Waals surface area contributed by atoms with Crippen LogP contribution >= 0.6 is 0 Å². The van der Waals surface area contributed by atoms with Crippen LogP contribution in [0.15, 0.2) is 29.2 Å². The number of anilines is 1. The van der Waals surface area contributed by atoms with Crippen molar-refractivity contribution in [1.29, 1.82) is 0 Å². The van der Waals surface area contributed by atoms with Gasteiger partial charge in [-0.25, -0.2) is 4.39 Å². The number of aromatic nitrogens is 1. The molecule has 0 bridgehead atoms. The topological polar surface area (TPSA) is 94.7 Å². The SMILES string of the molecule is CCn1ccc(=O)c2cc(F)c(NC(CO)(CO)CO)cc21. The largest absolute Gasteiger partial charge is 0.394 e. The van der Waals surface area contributed by atoms with Gasteiger partial charge in [-0.2, -0.15) is 0 Å². The molecule has 2 rings (SSSR count). The Bertz CT molecular complexity index is 717. The van der Waals surface area contributed by atoms with E-state index in [0.717, 1.165) is 6.07 Å². The Morgan fingerprint density at radius 3 is 2.41 bits per heavy atom. The molecule has 0 radical (unpaired) electrons. The summed E-state index contributed by atoms with van der Waals surface area (Å²) in [4.78, 5) is 11.8. The minimum absolute atomic E-state index is 0.00236. The van der Waals surface area contributed by atoms with E-state index in [4.69, 9.17) is 0 Å². The summed E-state index contributed by atoms with van der Waals surface area (Å²) in [7, 11) is 0. The predicted octanol–water partition coefficient (Wildman–Crippen LogP) is 0.288. The van der Waals surface area contributed by atoms with Crippen molar-refractivity contribution < 1.29 is 19.7 Å². The summed E-state index contributed by atoms with van der Waals surface area (Å²) in [6.07, 6.45) is 1.61. The maximum Gasteiger partial charge on any atom is 0.189 e. The van der Waals surface area contributed by atoms with E-state index < -0.39 is 31.2 Å². The van der Waals surface area contributed by atoms with Crippen molar-refractivity contribution >= 4 is 16.6 Å². The van der Waals surface area contributed by atoms with Crippen LogP contribution in [-0.2, 0) is 6.54 Å². The number of rotatable bonds is 6. The van der Waals surface area contributed by atoms with Crippen LogP contribution in [0.5, 0.6) is 0 Å². The number of hydrogen-bond donors (Lipinski definition) is 4. The summed E-state index contributed by atoms with van der Waals surface area (Å²) in [5.41, 5.74) is -1.21. The second-order valence-corrected chi connectivity index (χ2v) is 5.19. The fourth-order valence-electron chi connectivity index (χ4n) is 2.25. The molecule has 120 valence electrons. The van der Waals surface area contributed by atoms with Crippen molar-refractivity contribution in [3.05, 3.63) is 40.4 Å². The molecule has 1 aromatic carbocycles. The van der Waals surface area contributed by atoms with Gasteiger partial charge in [0.15, 0.2) is 5.43 Å². The van der Waals surface area contributed by atoms with Gasteiger partial charge in [-0.1, -0.05) is 0 Å². The molecule has 0 aliphatic heterocycles. The molecule has 0 aliphatic rings. The highest BCUT2D eigenvalue weighted by Gasteiger charge is 2.29. The van der Waals surface area contributed by atoms with Gasteiger partial charge in [-0.05, 0) is 19.1 Å². The van der Waals surface area contributed by atoms with Crippen LogP contribution in [0.3, 0.4) is 0 Å². The molecule has 1 aromatic heterocycles. The number of nitrogens with one attached hydrogen (secondary N) is 1. The van der Waals surface area contributed by atoms with Gasteiger partial charge in [0.2, 0.25) is 0 Å². The molecule has 0 fully saturated rings. The molecule has 0 aliphatic carbocycles. The van der Waals surface area contributed by atoms with Gasteiger partial charge in [0.1, 0.15) is 11.4 Å². The molecule has 6 nitrogen and oxygen atoms in total. The predicted molar refractivity (Wildman–Crippen MR) is 81.5 cm³/mol. The number of halogens is 1. The van der Waals surface area contributed by atoms with Crippen molar-refractivity contribution in [3.63, 3.8) is 0 Å². The third kappa shape index (κ3) is 2.83. The molecule has 7 heteroatoms. The lowest BCUT2D eigenvalue weighted by Crippen LogP contribution is -2.49. The number of hydrogen-bond acceptors (Lipinski definition) is 5. The van der Waals surface area contributed by atoms with Crippen LogP contribution in [0.25, 0.3) is 10.9 Å². The van der Waals surface area contributed by atoms with Crippen molar-refractivity contribution in [2.24, 2.45) is 0 Å². The first kappa shape index (κ1) is 16.4. The Hall–Kier alpha value is -1.96. The summed E-state index contributed by atoms with van der Waals surface area (Å²) < 4.78 is 16.0. The van der Waals surface area contributed by atoms with E-state index in [1.165, 1.54) is 12.1 Å². The van der Waals surface area contributed by atoms with E-state index in [0.29, 0.717) is 12.1 Å². The molecule has 2 aromatic rings. The third-order valence-electron chi connectivity index (χ3n) is 3.71. The lowest BCUT2D eigenvalue weighted by atomic mass is 10.0. The summed E-state index contributed by atoms with van der Waals surface area (Å²) >= 11 is 0. The van der Waals surface area contributed by atoms with E-state index in [-0.39, 0.29) is 16.5 Å². The minimum Gasteiger partial charge on any atom is -0.394 e. The lowest BCUT2D eigenvalue weighted by molar-refractivity contribution is 0.0831. The van der Waals surface area contributed by atoms with E-state index in [9.17, 15) is 24.5 Å². The number of nitrogens with zero attached hydrogens (tertiary/aromatic N) is 1. The molecule has 1 heterocycles. The number of fused-ring (bicyclic) bond motifs is 1. The monoisotopic (exact) mass is 310 g/mol. The molecular formula is C15H19FN2O4. The van der Waals surface area contributed by atoms with Crippen molar-refractivity contribution in [2.75, 3.05) is 25.1 Å². The van der Waals surface area contributed by atoms with Crippen LogP contribution < -0.4 is 10.7 Å². The van der Waals surface area contributed by atoms with Gasteiger partial charge < -0.3 is 25.2 Å². The number of pyridine rings is 1. The smallest absolute Gasteiger partial charge is 0.189 e. The molecule has 0 saturated carbocycles. The molecular weight excluding hydrogens is 291 g/mol. The number of benzene rings is 1. The summed E-state index contributed by atoms with van der Waals surface area (Å²) in [5.74, 6) is -0.696. The average Bonchev–Trinajstić information content (AvgIpc) is 2.54. The van der Waals surface area contributed by atoms with Crippen molar-refractivity contribution in [2.45, 2.75) is 19.0 Å². The molecule has 0 atom stereocenters. The van der Waals surface area contributed by atoms with Gasteiger partial charge in [-0.3, -0.25) is 4.79 Å². The minimum atomic E-state index is -1.44. The van der Waals surface area contributed by atoms with Gasteiger partial charge >= 0.3 is 0 Å². The standard InChI is InChI=1S/C15H19FN2O4/c1-2-18-4-3-14(22)10-5-11(16)12(6-13(10)18)17-15(7-19,8-20)9-21/h3-6,17,19-21H,2,7-9H2,1H3. The average molecular weight is 310 g/mol. The second kappa shape index (κ2) is 6.43. The Labute approximate surface area is 126 Å². The van der Waals surface area contributed by atoms with Crippen LogP contribution in [0.1, 0.15) is 6.92 Å². The molecule has 0 unspecified atom stereocenters. The first-order valence-electron chi connectivity index (χ1n) is 6.93. The maximum atomic E-state index is 14.2. The second-order valence-electron chi connectivity index (χ2n) is 5.19. The van der Waals surface area contributed by atoms with Gasteiger partial charge in [0, 0.05) is 24.2 Å². The first-order valence-corrected chi connectivity index (χ1v) is 6.93. The fourth-order valence-corrected chi connectivity index (χ4v) is 2.25. The van der Waals surface area contributed by atoms with Crippen LogP contribution in [-0.4, -0.2) is 45.2 Å². The van der Waals surface area contributed by atoms with E-state index in [1.54, 1.807) is 10.8 Å². The Balaban J connectivity index is 2.60. The number of aliphatic hydroxyl groups is 3. The highest BCUT2D eigenvalue weighted by molar-refractivity contribution is 5.83. The fraction of sp³-hybridized carbons (Fsp3) is 0.400. The van der Waals surface area contributed by atoms with E-state index >= 15 is 0 Å². The Kier molecular flexibility index (Phi) is 4.80. The van der Waals surface area contributed by atoms with Crippen LogP contribution in [0, 0.1) is 5.82 Å². The highest BCUT2D eigenvalue weighted by atomic mass is 19.1. The summed E-state index contributed by atoms with van der Waals surface area (Å²) in [6.45, 7) is 0.749. The highest BCUT2D eigenvalue weighted by Crippen LogP contribution is 2.24. The van der Waals surface area contributed by atoms with Gasteiger partial charge in [-0.15, -0.1) is 0 Å². The molecule has 4 N–H and O–H groups in total. The normalized spacial score (nSPS) is 11.9. The number of aliphatic hydroxyl groups excluding tert-OH is 3. The lowest BCUT2D eigenvalue weighted by Gasteiger charge is -2.30. The summed E-state index contributed by atoms with van der Waals surface area (Å²) in [5, 5.41) is 30.9. The van der Waals surface area contributed by atoms with Gasteiger partial charge in [0.25, 0.3) is 0 Å². The zero-order chi connectivity index (χ0) is 16.3. The zero-order valence-electron chi connectivity index (χ0n) is 12.2. The zero-order valence-corrected chi connectivity index (χ0v) is 12.2.